The van der Waals surface area contributed by atoms with Crippen LogP contribution in [-0.4, -0.2) is 47.6 Å². The normalized spacial score (nSPS) is 12.1. The molecule has 21 heavy (non-hydrogen) atoms. The largest absolute Gasteiger partial charge is 0.389 e. The first kappa shape index (κ1) is 15.5. The molecule has 1 unspecified atom stereocenters. The van der Waals surface area contributed by atoms with Gasteiger partial charge in [-0.2, -0.15) is 5.10 Å². The van der Waals surface area contributed by atoms with E-state index in [1.54, 1.807) is 18.2 Å². The molecule has 6 nitrogen and oxygen atoms in total. The maximum absolute atomic E-state index is 12.1. The van der Waals surface area contributed by atoms with Crippen LogP contribution in [0.1, 0.15) is 10.4 Å². The van der Waals surface area contributed by atoms with Crippen molar-refractivity contribution in [2.45, 2.75) is 6.10 Å². The number of carbonyl (C=O) groups is 1. The molecule has 7 heteroatoms. The Morgan fingerprint density at radius 1 is 1.57 bits per heavy atom. The molecule has 1 atom stereocenters. The molecule has 2 rings (SSSR count). The van der Waals surface area contributed by atoms with E-state index in [2.05, 4.69) is 15.5 Å². The predicted octanol–water partition coefficient (Wildman–Crippen LogP) is 1.47. The van der Waals surface area contributed by atoms with Crippen molar-refractivity contribution in [3.05, 3.63) is 41.0 Å². The highest BCUT2D eigenvalue weighted by Gasteiger charge is 2.16. The van der Waals surface area contributed by atoms with Gasteiger partial charge < -0.3 is 15.2 Å². The highest BCUT2D eigenvalue weighted by Crippen LogP contribution is 2.23. The minimum absolute atomic E-state index is 0.104. The number of nitrogens with zero attached hydrogens (tertiary/aromatic N) is 1. The maximum Gasteiger partial charge on any atom is 0.255 e. The number of nitrogens with one attached hydrogen (secondary N) is 2. The lowest BCUT2D eigenvalue weighted by atomic mass is 10.1. The number of aliphatic hydroxyl groups is 1. The molecule has 1 heterocycles. The molecule has 0 aliphatic rings. The molecule has 112 valence electrons. The Morgan fingerprint density at radius 2 is 2.38 bits per heavy atom. The van der Waals surface area contributed by atoms with Crippen molar-refractivity contribution in [3.63, 3.8) is 0 Å². The van der Waals surface area contributed by atoms with Crippen LogP contribution in [0.3, 0.4) is 0 Å². The Labute approximate surface area is 127 Å². The van der Waals surface area contributed by atoms with Crippen molar-refractivity contribution in [2.75, 3.05) is 20.3 Å². The van der Waals surface area contributed by atoms with E-state index in [1.807, 2.05) is 6.07 Å². The smallest absolute Gasteiger partial charge is 0.255 e. The average Bonchev–Trinajstić information content (AvgIpc) is 2.94. The lowest BCUT2D eigenvalue weighted by molar-refractivity contribution is 0.0610. The number of hydrogen-bond acceptors (Lipinski definition) is 4. The van der Waals surface area contributed by atoms with Gasteiger partial charge in [0.25, 0.3) is 5.91 Å². The van der Waals surface area contributed by atoms with Gasteiger partial charge in [0.2, 0.25) is 0 Å². The van der Waals surface area contributed by atoms with E-state index >= 15 is 0 Å². The van der Waals surface area contributed by atoms with Crippen molar-refractivity contribution < 1.29 is 14.6 Å². The van der Waals surface area contributed by atoms with E-state index in [9.17, 15) is 9.90 Å². The van der Waals surface area contributed by atoms with Gasteiger partial charge >= 0.3 is 0 Å². The SMILES string of the molecule is COCC(O)CNC(=O)c1cn[nH]c1-c1cccc(Cl)c1. The van der Waals surface area contributed by atoms with Crippen molar-refractivity contribution in [3.8, 4) is 11.3 Å². The Hall–Kier alpha value is -1.89. The van der Waals surface area contributed by atoms with Crippen LogP contribution in [0.15, 0.2) is 30.5 Å². The Bertz CT molecular complexity index is 615. The molecule has 0 saturated carbocycles. The lowest BCUT2D eigenvalue weighted by Gasteiger charge is -2.10. The lowest BCUT2D eigenvalue weighted by Crippen LogP contribution is -2.34. The molecule has 1 aromatic heterocycles. The van der Waals surface area contributed by atoms with Crippen LogP contribution in [0.25, 0.3) is 11.3 Å². The number of methoxy groups -OCH3 is 1. The van der Waals surface area contributed by atoms with Gasteiger partial charge in [-0.05, 0) is 12.1 Å². The molecule has 0 aliphatic heterocycles. The van der Waals surface area contributed by atoms with Crippen molar-refractivity contribution >= 4 is 17.5 Å². The number of aromatic nitrogens is 2. The number of halogens is 1. The number of amides is 1. The summed E-state index contributed by atoms with van der Waals surface area (Å²) in [5.74, 6) is -0.325. The average molecular weight is 310 g/mol. The first-order valence-electron chi connectivity index (χ1n) is 6.36. The molecule has 0 aliphatic carbocycles. The molecular weight excluding hydrogens is 294 g/mol. The fourth-order valence-corrected chi connectivity index (χ4v) is 2.07. The number of rotatable bonds is 6. The molecule has 1 amide bonds. The Morgan fingerprint density at radius 3 is 3.10 bits per heavy atom. The summed E-state index contributed by atoms with van der Waals surface area (Å²) in [4.78, 5) is 12.1. The number of carbonyl (C=O) groups excluding carboxylic acids is 1. The van der Waals surface area contributed by atoms with Crippen LogP contribution in [-0.2, 0) is 4.74 Å². The first-order chi connectivity index (χ1) is 10.1. The van der Waals surface area contributed by atoms with Gasteiger partial charge in [-0.15, -0.1) is 0 Å². The van der Waals surface area contributed by atoms with Gasteiger partial charge in [-0.25, -0.2) is 0 Å². The third-order valence-corrected chi connectivity index (χ3v) is 3.09. The summed E-state index contributed by atoms with van der Waals surface area (Å²) in [6.07, 6.45) is 0.689. The van der Waals surface area contributed by atoms with E-state index in [4.69, 9.17) is 16.3 Å². The summed E-state index contributed by atoms with van der Waals surface area (Å²) in [6.45, 7) is 0.264. The van der Waals surface area contributed by atoms with Crippen molar-refractivity contribution in [1.82, 2.24) is 15.5 Å². The summed E-state index contributed by atoms with van der Waals surface area (Å²) in [5, 5.41) is 19.4. The van der Waals surface area contributed by atoms with Gasteiger partial charge in [0.1, 0.15) is 0 Å². The highest BCUT2D eigenvalue weighted by atomic mass is 35.5. The number of hydrogen-bond donors (Lipinski definition) is 3. The second-order valence-electron chi connectivity index (χ2n) is 4.49. The highest BCUT2D eigenvalue weighted by molar-refractivity contribution is 6.30. The van der Waals surface area contributed by atoms with Gasteiger partial charge in [0, 0.05) is 24.2 Å². The van der Waals surface area contributed by atoms with Crippen molar-refractivity contribution in [2.24, 2.45) is 0 Å². The van der Waals surface area contributed by atoms with E-state index in [1.165, 1.54) is 13.3 Å². The minimum Gasteiger partial charge on any atom is -0.389 e. The second kappa shape index (κ2) is 7.21. The second-order valence-corrected chi connectivity index (χ2v) is 4.92. The molecule has 2 aromatic rings. The molecule has 0 radical (unpaired) electrons. The van der Waals surface area contributed by atoms with Crippen LogP contribution in [0, 0.1) is 0 Å². The molecule has 0 saturated heterocycles. The number of benzene rings is 1. The molecule has 0 spiro atoms. The first-order valence-corrected chi connectivity index (χ1v) is 6.74. The van der Waals surface area contributed by atoms with Crippen molar-refractivity contribution in [1.29, 1.82) is 0 Å². The van der Waals surface area contributed by atoms with Crippen LogP contribution in [0.2, 0.25) is 5.02 Å². The Kier molecular flexibility index (Phi) is 5.32. The fraction of sp³-hybridized carbons (Fsp3) is 0.286. The number of aromatic amines is 1. The minimum atomic E-state index is -0.750. The van der Waals surface area contributed by atoms with Gasteiger partial charge in [0.05, 0.1) is 30.2 Å². The van der Waals surface area contributed by atoms with E-state index in [0.717, 1.165) is 5.56 Å². The monoisotopic (exact) mass is 309 g/mol. The summed E-state index contributed by atoms with van der Waals surface area (Å²) >= 11 is 5.95. The third kappa shape index (κ3) is 4.04. The zero-order chi connectivity index (χ0) is 15.2. The van der Waals surface area contributed by atoms with E-state index < -0.39 is 6.10 Å². The number of aliphatic hydroxyl groups excluding tert-OH is 1. The van der Waals surface area contributed by atoms with Crippen LogP contribution >= 0.6 is 11.6 Å². The van der Waals surface area contributed by atoms with E-state index in [0.29, 0.717) is 16.3 Å². The molecule has 1 aromatic carbocycles. The van der Waals surface area contributed by atoms with Crippen LogP contribution in [0.4, 0.5) is 0 Å². The third-order valence-electron chi connectivity index (χ3n) is 2.85. The standard InChI is InChI=1S/C14H16ClN3O3/c1-21-8-11(19)6-16-14(20)12-7-17-18-13(12)9-3-2-4-10(15)5-9/h2-5,7,11,19H,6,8H2,1H3,(H,16,20)(H,17,18). The van der Waals surface area contributed by atoms with E-state index in [-0.39, 0.29) is 19.1 Å². The molecule has 0 fully saturated rings. The molecular formula is C14H16ClN3O3. The fourth-order valence-electron chi connectivity index (χ4n) is 1.88. The summed E-state index contributed by atoms with van der Waals surface area (Å²) in [7, 11) is 1.48. The van der Waals surface area contributed by atoms with Gasteiger partial charge in [-0.3, -0.25) is 9.89 Å². The van der Waals surface area contributed by atoms with Crippen LogP contribution in [0.5, 0.6) is 0 Å². The van der Waals surface area contributed by atoms with Gasteiger partial charge in [0.15, 0.2) is 0 Å². The summed E-state index contributed by atoms with van der Waals surface area (Å²) < 4.78 is 4.80. The summed E-state index contributed by atoms with van der Waals surface area (Å²) in [5.41, 5.74) is 1.74. The molecule has 0 bridgehead atoms. The zero-order valence-electron chi connectivity index (χ0n) is 11.5. The summed E-state index contributed by atoms with van der Waals surface area (Å²) in [6, 6.07) is 7.12. The topological polar surface area (TPSA) is 87.2 Å². The number of ether oxygens (including phenoxy) is 1. The van der Waals surface area contributed by atoms with Gasteiger partial charge in [-0.1, -0.05) is 23.7 Å². The van der Waals surface area contributed by atoms with Crippen LogP contribution < -0.4 is 5.32 Å². The maximum atomic E-state index is 12.1. The zero-order valence-corrected chi connectivity index (χ0v) is 12.2. The quantitative estimate of drug-likeness (QED) is 0.754. The predicted molar refractivity (Wildman–Crippen MR) is 79.2 cm³/mol. The molecule has 3 N–H and O–H groups in total. The Balaban J connectivity index is 2.11. The number of H-pyrrole nitrogens is 1.